The number of hydrogen-bond donors (Lipinski definition) is 2. The van der Waals surface area contributed by atoms with E-state index in [0.717, 1.165) is 24.8 Å². The summed E-state index contributed by atoms with van der Waals surface area (Å²) in [6.07, 6.45) is 2.73. The maximum absolute atomic E-state index is 11.0. The fourth-order valence-corrected chi connectivity index (χ4v) is 4.02. The van der Waals surface area contributed by atoms with Gasteiger partial charge in [0.05, 0.1) is 11.2 Å². The first-order chi connectivity index (χ1) is 9.72. The Balaban J connectivity index is 1.71. The number of fused-ring (bicyclic) bond motifs is 1. The maximum atomic E-state index is 11.0. The Bertz CT molecular complexity index is 538. The molecule has 1 aliphatic carbocycles. The molecule has 1 aliphatic heterocycles. The number of nitrogens with one attached hydrogen (secondary N) is 1. The van der Waals surface area contributed by atoms with Crippen molar-refractivity contribution in [3.63, 3.8) is 0 Å². The van der Waals surface area contributed by atoms with Crippen LogP contribution in [0.5, 0.6) is 0 Å². The number of aryl methyl sites for hydroxylation is 1. The molecule has 0 bridgehead atoms. The Kier molecular flexibility index (Phi) is 3.43. The summed E-state index contributed by atoms with van der Waals surface area (Å²) in [5.41, 5.74) is 1.34. The average Bonchev–Trinajstić information content (AvgIpc) is 2.82. The quantitative estimate of drug-likeness (QED) is 0.899. The first kappa shape index (κ1) is 15.0. The first-order valence-corrected chi connectivity index (χ1v) is 7.96. The van der Waals surface area contributed by atoms with E-state index < -0.39 is 5.60 Å². The molecule has 1 fully saturated rings. The fraction of sp³-hybridized carbons (Fsp3) is 0.667. The van der Waals surface area contributed by atoms with E-state index in [2.05, 4.69) is 51.2 Å². The molecule has 2 unspecified atom stereocenters. The summed E-state index contributed by atoms with van der Waals surface area (Å²) in [6.45, 7) is 9.13. The van der Waals surface area contributed by atoms with Gasteiger partial charge in [-0.3, -0.25) is 0 Å². The predicted molar refractivity (Wildman–Crippen MR) is 84.3 cm³/mol. The highest BCUT2D eigenvalue weighted by atomic mass is 16.5. The molecule has 0 amide bonds. The van der Waals surface area contributed by atoms with Crippen LogP contribution < -0.4 is 5.32 Å². The van der Waals surface area contributed by atoms with Crippen molar-refractivity contribution in [2.75, 3.05) is 6.54 Å². The van der Waals surface area contributed by atoms with Crippen LogP contribution >= 0.6 is 0 Å². The van der Waals surface area contributed by atoms with Crippen molar-refractivity contribution in [3.05, 3.63) is 35.4 Å². The van der Waals surface area contributed by atoms with Crippen molar-refractivity contribution in [2.45, 2.75) is 69.8 Å². The van der Waals surface area contributed by atoms with Crippen LogP contribution in [0.1, 0.15) is 51.7 Å². The van der Waals surface area contributed by atoms with Gasteiger partial charge >= 0.3 is 0 Å². The minimum Gasteiger partial charge on any atom is -0.384 e. The van der Waals surface area contributed by atoms with Gasteiger partial charge in [0, 0.05) is 12.6 Å². The Morgan fingerprint density at radius 3 is 2.62 bits per heavy atom. The van der Waals surface area contributed by atoms with Crippen molar-refractivity contribution in [2.24, 2.45) is 0 Å². The molecule has 0 aromatic heterocycles. The van der Waals surface area contributed by atoms with Crippen molar-refractivity contribution in [1.82, 2.24) is 5.32 Å². The molecule has 2 N–H and O–H groups in total. The third kappa shape index (κ3) is 2.75. The van der Waals surface area contributed by atoms with E-state index in [9.17, 15) is 5.11 Å². The van der Waals surface area contributed by atoms with E-state index in [1.54, 1.807) is 0 Å². The number of rotatable bonds is 3. The molecule has 1 saturated heterocycles. The van der Waals surface area contributed by atoms with Gasteiger partial charge in [0.25, 0.3) is 0 Å². The lowest BCUT2D eigenvalue weighted by Crippen LogP contribution is -2.48. The van der Waals surface area contributed by atoms with Crippen molar-refractivity contribution < 1.29 is 9.84 Å². The summed E-state index contributed by atoms with van der Waals surface area (Å²) in [7, 11) is 0. The van der Waals surface area contributed by atoms with Crippen LogP contribution in [0, 0.1) is 0 Å². The van der Waals surface area contributed by atoms with Crippen molar-refractivity contribution in [1.29, 1.82) is 0 Å². The summed E-state index contributed by atoms with van der Waals surface area (Å²) in [4.78, 5) is 0. The Morgan fingerprint density at radius 2 is 1.95 bits per heavy atom. The second-order valence-corrected chi connectivity index (χ2v) is 7.79. The van der Waals surface area contributed by atoms with Crippen LogP contribution in [0.3, 0.4) is 0 Å². The van der Waals surface area contributed by atoms with Crippen LogP contribution in [0.15, 0.2) is 24.3 Å². The molecule has 1 heterocycles. The smallest absolute Gasteiger partial charge is 0.103 e. The van der Waals surface area contributed by atoms with E-state index in [0.29, 0.717) is 6.54 Å². The summed E-state index contributed by atoms with van der Waals surface area (Å²) >= 11 is 0. The SMILES string of the molecule is CC1(C)CC(NCC2(O)CCc3ccccc32)C(C)(C)O1. The molecule has 3 nitrogen and oxygen atoms in total. The minimum atomic E-state index is -0.737. The molecule has 0 radical (unpaired) electrons. The summed E-state index contributed by atoms with van der Waals surface area (Å²) in [5.74, 6) is 0. The summed E-state index contributed by atoms with van der Waals surface area (Å²) < 4.78 is 6.12. The Labute approximate surface area is 127 Å². The van der Waals surface area contributed by atoms with Gasteiger partial charge in [-0.05, 0) is 58.1 Å². The van der Waals surface area contributed by atoms with Crippen molar-refractivity contribution in [3.8, 4) is 0 Å². The molecule has 2 atom stereocenters. The molecule has 0 spiro atoms. The average molecular weight is 289 g/mol. The third-order valence-electron chi connectivity index (χ3n) is 5.04. The molecule has 1 aromatic rings. The van der Waals surface area contributed by atoms with Crippen LogP contribution in [0.25, 0.3) is 0 Å². The monoisotopic (exact) mass is 289 g/mol. The topological polar surface area (TPSA) is 41.5 Å². The lowest BCUT2D eigenvalue weighted by Gasteiger charge is -2.31. The van der Waals surface area contributed by atoms with Crippen LogP contribution in [-0.4, -0.2) is 28.9 Å². The highest BCUT2D eigenvalue weighted by Crippen LogP contribution is 2.39. The summed E-state index contributed by atoms with van der Waals surface area (Å²) in [6, 6.07) is 8.52. The molecular weight excluding hydrogens is 262 g/mol. The van der Waals surface area contributed by atoms with Gasteiger partial charge in [0.15, 0.2) is 0 Å². The fourth-order valence-electron chi connectivity index (χ4n) is 4.02. The second-order valence-electron chi connectivity index (χ2n) is 7.79. The van der Waals surface area contributed by atoms with E-state index in [4.69, 9.17) is 4.74 Å². The van der Waals surface area contributed by atoms with Crippen LogP contribution in [0.4, 0.5) is 0 Å². The molecule has 3 heteroatoms. The molecule has 3 rings (SSSR count). The number of aliphatic hydroxyl groups is 1. The van der Waals surface area contributed by atoms with E-state index in [-0.39, 0.29) is 17.2 Å². The van der Waals surface area contributed by atoms with Crippen LogP contribution in [-0.2, 0) is 16.8 Å². The zero-order valence-corrected chi connectivity index (χ0v) is 13.6. The second kappa shape index (κ2) is 4.80. The number of hydrogen-bond acceptors (Lipinski definition) is 3. The van der Waals surface area contributed by atoms with E-state index in [1.807, 2.05) is 6.07 Å². The number of benzene rings is 1. The largest absolute Gasteiger partial charge is 0.384 e. The Hall–Kier alpha value is -0.900. The van der Waals surface area contributed by atoms with Gasteiger partial charge in [0.1, 0.15) is 5.60 Å². The summed E-state index contributed by atoms with van der Waals surface area (Å²) in [5, 5.41) is 14.6. The molecular formula is C18H27NO2. The molecule has 0 saturated carbocycles. The molecule has 116 valence electrons. The molecule has 21 heavy (non-hydrogen) atoms. The van der Waals surface area contributed by atoms with Crippen molar-refractivity contribution >= 4 is 0 Å². The first-order valence-electron chi connectivity index (χ1n) is 7.96. The van der Waals surface area contributed by atoms with E-state index in [1.165, 1.54) is 5.56 Å². The molecule has 1 aromatic carbocycles. The minimum absolute atomic E-state index is 0.0998. The standard InChI is InChI=1S/C18H27NO2/c1-16(2)11-15(17(3,4)21-16)19-12-18(20)10-9-13-7-5-6-8-14(13)18/h5-8,15,19-20H,9-12H2,1-4H3. The lowest BCUT2D eigenvalue weighted by molar-refractivity contribution is -0.0713. The number of ether oxygens (including phenoxy) is 1. The van der Waals surface area contributed by atoms with Gasteiger partial charge in [-0.1, -0.05) is 24.3 Å². The van der Waals surface area contributed by atoms with Gasteiger partial charge in [-0.15, -0.1) is 0 Å². The Morgan fingerprint density at radius 1 is 1.24 bits per heavy atom. The highest BCUT2D eigenvalue weighted by molar-refractivity contribution is 5.37. The molecule has 2 aliphatic rings. The van der Waals surface area contributed by atoms with Gasteiger partial charge in [0.2, 0.25) is 0 Å². The van der Waals surface area contributed by atoms with Gasteiger partial charge in [-0.25, -0.2) is 0 Å². The lowest BCUT2D eigenvalue weighted by atomic mass is 9.91. The van der Waals surface area contributed by atoms with E-state index >= 15 is 0 Å². The maximum Gasteiger partial charge on any atom is 0.103 e. The highest BCUT2D eigenvalue weighted by Gasteiger charge is 2.47. The predicted octanol–water partition coefficient (Wildman–Crippen LogP) is 2.76. The zero-order valence-electron chi connectivity index (χ0n) is 13.6. The third-order valence-corrected chi connectivity index (χ3v) is 5.04. The normalized spacial score (nSPS) is 33.1. The van der Waals surface area contributed by atoms with Gasteiger partial charge in [-0.2, -0.15) is 0 Å². The van der Waals surface area contributed by atoms with Gasteiger partial charge < -0.3 is 15.2 Å². The van der Waals surface area contributed by atoms with Crippen LogP contribution in [0.2, 0.25) is 0 Å². The zero-order chi connectivity index (χ0) is 15.3.